The number of hydrogen-bond acceptors (Lipinski definition) is 4. The molecule has 0 saturated heterocycles. The van der Waals surface area contributed by atoms with E-state index >= 15 is 0 Å². The number of imidazole rings is 1. The highest BCUT2D eigenvalue weighted by atomic mass is 79.9. The van der Waals surface area contributed by atoms with Crippen molar-refractivity contribution in [1.29, 1.82) is 0 Å². The molecule has 8 heteroatoms. The van der Waals surface area contributed by atoms with Crippen LogP contribution in [0.15, 0.2) is 21.5 Å². The number of halogens is 2. The van der Waals surface area contributed by atoms with Crippen molar-refractivity contribution >= 4 is 37.9 Å². The maximum absolute atomic E-state index is 14.1. The van der Waals surface area contributed by atoms with Crippen LogP contribution in [0.4, 0.5) is 4.39 Å². The standard InChI is InChI=1S/C15H13BrFN3O3/c1-19-10-4-18-9-3-8(17)12(16)14-11(9)13(10)20(15(19)21)7(5-22-2)6-23-14/h3-4,7H,5-6H2,1-2H3. The Labute approximate surface area is 138 Å². The number of rotatable bonds is 2. The Kier molecular flexibility index (Phi) is 3.21. The molecule has 0 bridgehead atoms. The smallest absolute Gasteiger partial charge is 0.329 e. The summed E-state index contributed by atoms with van der Waals surface area (Å²) in [5.74, 6) is -0.0783. The molecule has 1 aliphatic heterocycles. The number of pyridine rings is 1. The van der Waals surface area contributed by atoms with E-state index in [-0.39, 0.29) is 22.8 Å². The van der Waals surface area contributed by atoms with Crippen molar-refractivity contribution in [3.63, 3.8) is 0 Å². The molecule has 0 saturated carbocycles. The normalized spacial score (nSPS) is 17.0. The topological polar surface area (TPSA) is 58.3 Å². The minimum Gasteiger partial charge on any atom is -0.489 e. The first-order valence-corrected chi connectivity index (χ1v) is 7.83. The molecule has 0 N–H and O–H groups in total. The van der Waals surface area contributed by atoms with Gasteiger partial charge in [-0.05, 0) is 15.9 Å². The highest BCUT2D eigenvalue weighted by Gasteiger charge is 2.28. The molecule has 0 amide bonds. The molecule has 1 aliphatic rings. The highest BCUT2D eigenvalue weighted by Crippen LogP contribution is 2.41. The van der Waals surface area contributed by atoms with Gasteiger partial charge in [0.1, 0.15) is 18.2 Å². The molecule has 3 heterocycles. The van der Waals surface area contributed by atoms with Crippen LogP contribution in [0.25, 0.3) is 21.9 Å². The quantitative estimate of drug-likeness (QED) is 0.683. The molecule has 120 valence electrons. The van der Waals surface area contributed by atoms with E-state index in [1.54, 1.807) is 24.9 Å². The molecular formula is C15H13BrFN3O3. The van der Waals surface area contributed by atoms with Gasteiger partial charge in [-0.1, -0.05) is 0 Å². The van der Waals surface area contributed by atoms with Crippen molar-refractivity contribution in [2.75, 3.05) is 20.3 Å². The van der Waals surface area contributed by atoms with Crippen molar-refractivity contribution in [2.45, 2.75) is 6.04 Å². The number of hydrogen-bond donors (Lipinski definition) is 0. The highest BCUT2D eigenvalue weighted by molar-refractivity contribution is 9.10. The van der Waals surface area contributed by atoms with Crippen LogP contribution in [0, 0.1) is 5.82 Å². The fraction of sp³-hybridized carbons (Fsp3) is 0.333. The minimum atomic E-state index is -0.450. The number of benzene rings is 1. The largest absolute Gasteiger partial charge is 0.489 e. The van der Waals surface area contributed by atoms with Crippen LogP contribution in [-0.2, 0) is 11.8 Å². The van der Waals surface area contributed by atoms with Gasteiger partial charge in [-0.15, -0.1) is 0 Å². The summed E-state index contributed by atoms with van der Waals surface area (Å²) in [6, 6.07) is 1.04. The van der Waals surface area contributed by atoms with Crippen LogP contribution >= 0.6 is 15.9 Å². The average molecular weight is 382 g/mol. The maximum atomic E-state index is 14.1. The number of aryl methyl sites for hydroxylation is 1. The van der Waals surface area contributed by atoms with Crippen LogP contribution in [0.2, 0.25) is 0 Å². The summed E-state index contributed by atoms with van der Waals surface area (Å²) in [6.07, 6.45) is 1.59. The fourth-order valence-corrected chi connectivity index (χ4v) is 3.56. The van der Waals surface area contributed by atoms with Gasteiger partial charge in [-0.2, -0.15) is 0 Å². The van der Waals surface area contributed by atoms with Gasteiger partial charge in [0, 0.05) is 20.2 Å². The average Bonchev–Trinajstić information content (AvgIpc) is 2.69. The third kappa shape index (κ3) is 1.88. The van der Waals surface area contributed by atoms with Gasteiger partial charge in [0.15, 0.2) is 0 Å². The van der Waals surface area contributed by atoms with Gasteiger partial charge < -0.3 is 9.47 Å². The summed E-state index contributed by atoms with van der Waals surface area (Å²) >= 11 is 3.24. The summed E-state index contributed by atoms with van der Waals surface area (Å²) in [5, 5.41) is 0.632. The molecule has 23 heavy (non-hydrogen) atoms. The van der Waals surface area contributed by atoms with Gasteiger partial charge in [0.25, 0.3) is 0 Å². The molecule has 1 atom stereocenters. The first-order valence-electron chi connectivity index (χ1n) is 7.04. The molecular weight excluding hydrogens is 369 g/mol. The second-order valence-corrected chi connectivity index (χ2v) is 6.31. The lowest BCUT2D eigenvalue weighted by Gasteiger charge is -2.16. The van der Waals surface area contributed by atoms with Gasteiger partial charge in [-0.3, -0.25) is 14.1 Å². The first-order chi connectivity index (χ1) is 11.0. The predicted molar refractivity (Wildman–Crippen MR) is 86.5 cm³/mol. The summed E-state index contributed by atoms with van der Waals surface area (Å²) in [7, 11) is 3.26. The molecule has 2 aromatic heterocycles. The van der Waals surface area contributed by atoms with E-state index in [2.05, 4.69) is 20.9 Å². The van der Waals surface area contributed by atoms with E-state index in [0.717, 1.165) is 0 Å². The molecule has 3 aromatic rings. The molecule has 0 fully saturated rings. The Morgan fingerprint density at radius 1 is 1.57 bits per heavy atom. The van der Waals surface area contributed by atoms with E-state index in [9.17, 15) is 9.18 Å². The Morgan fingerprint density at radius 3 is 3.09 bits per heavy atom. The zero-order valence-electron chi connectivity index (χ0n) is 12.5. The summed E-state index contributed by atoms with van der Waals surface area (Å²) in [4.78, 5) is 17.0. The van der Waals surface area contributed by atoms with Crippen LogP contribution in [0.5, 0.6) is 5.75 Å². The number of ether oxygens (including phenoxy) is 2. The van der Waals surface area contributed by atoms with Crippen molar-refractivity contribution in [2.24, 2.45) is 7.05 Å². The number of aromatic nitrogens is 3. The van der Waals surface area contributed by atoms with Crippen LogP contribution in [0.3, 0.4) is 0 Å². The SMILES string of the molecule is COCC1COc2c(Br)c(F)cc3ncc4c(c23)n1c(=O)n4C. The number of nitrogens with zero attached hydrogens (tertiary/aromatic N) is 3. The first kappa shape index (κ1) is 14.6. The Bertz CT molecular complexity index is 1010. The zero-order chi connectivity index (χ0) is 16.3. The third-order valence-electron chi connectivity index (χ3n) is 4.20. The summed E-state index contributed by atoms with van der Waals surface area (Å²) in [5.41, 5.74) is 1.64. The molecule has 1 aromatic carbocycles. The Balaban J connectivity index is 2.25. The second kappa shape index (κ2) is 5.04. The van der Waals surface area contributed by atoms with Gasteiger partial charge in [0.2, 0.25) is 0 Å². The minimum absolute atomic E-state index is 0.173. The lowest BCUT2D eigenvalue weighted by atomic mass is 10.1. The molecule has 4 rings (SSSR count). The van der Waals surface area contributed by atoms with Crippen molar-refractivity contribution in [3.05, 3.63) is 33.0 Å². The lowest BCUT2D eigenvalue weighted by Crippen LogP contribution is -2.31. The molecule has 6 nitrogen and oxygen atoms in total. The second-order valence-electron chi connectivity index (χ2n) is 5.52. The van der Waals surface area contributed by atoms with E-state index in [1.165, 1.54) is 10.6 Å². The summed E-state index contributed by atoms with van der Waals surface area (Å²) < 4.78 is 28.6. The van der Waals surface area contributed by atoms with E-state index in [1.807, 2.05) is 0 Å². The Morgan fingerprint density at radius 2 is 2.35 bits per heavy atom. The zero-order valence-corrected chi connectivity index (χ0v) is 14.1. The lowest BCUT2D eigenvalue weighted by molar-refractivity contribution is 0.124. The van der Waals surface area contributed by atoms with Crippen LogP contribution in [-0.4, -0.2) is 34.4 Å². The van der Waals surface area contributed by atoms with Crippen molar-refractivity contribution in [3.8, 4) is 5.75 Å². The van der Waals surface area contributed by atoms with Crippen molar-refractivity contribution < 1.29 is 13.9 Å². The molecule has 0 spiro atoms. The third-order valence-corrected chi connectivity index (χ3v) is 4.94. The van der Waals surface area contributed by atoms with Gasteiger partial charge in [-0.25, -0.2) is 9.18 Å². The number of methoxy groups -OCH3 is 1. The van der Waals surface area contributed by atoms with Gasteiger partial charge >= 0.3 is 5.69 Å². The molecule has 0 radical (unpaired) electrons. The van der Waals surface area contributed by atoms with E-state index in [0.29, 0.717) is 34.3 Å². The molecule has 1 unspecified atom stereocenters. The maximum Gasteiger partial charge on any atom is 0.329 e. The molecule has 0 aliphatic carbocycles. The van der Waals surface area contributed by atoms with Gasteiger partial charge in [0.05, 0.1) is 45.3 Å². The van der Waals surface area contributed by atoms with E-state index in [4.69, 9.17) is 9.47 Å². The van der Waals surface area contributed by atoms with Crippen LogP contribution < -0.4 is 10.4 Å². The summed E-state index contributed by atoms with van der Waals surface area (Å²) in [6.45, 7) is 0.523. The van der Waals surface area contributed by atoms with E-state index < -0.39 is 5.82 Å². The van der Waals surface area contributed by atoms with Crippen LogP contribution in [0.1, 0.15) is 6.04 Å². The van der Waals surface area contributed by atoms with Crippen molar-refractivity contribution in [1.82, 2.24) is 14.1 Å². The fourth-order valence-electron chi connectivity index (χ4n) is 3.13. The monoisotopic (exact) mass is 381 g/mol. The Hall–Kier alpha value is -1.93. The predicted octanol–water partition coefficient (Wildman–Crippen LogP) is 2.37.